The first kappa shape index (κ1) is 15.3. The van der Waals surface area contributed by atoms with Gasteiger partial charge in [-0.15, -0.1) is 0 Å². The van der Waals surface area contributed by atoms with E-state index < -0.39 is 0 Å². The number of piperazine rings is 1. The van der Waals surface area contributed by atoms with Crippen LogP contribution in [0.15, 0.2) is 24.3 Å². The molecule has 0 aromatic heterocycles. The van der Waals surface area contributed by atoms with Crippen LogP contribution in [0.4, 0.5) is 5.69 Å². The number of nitrogens with zero attached hydrogens (tertiary/aromatic N) is 3. The van der Waals surface area contributed by atoms with Gasteiger partial charge in [-0.2, -0.15) is 0 Å². The Bertz CT molecular complexity index is 523. The van der Waals surface area contributed by atoms with Crippen LogP contribution in [0.5, 0.6) is 0 Å². The third kappa shape index (κ3) is 3.12. The minimum Gasteiger partial charge on any atom is -0.368 e. The molecule has 120 valence electrons. The van der Waals surface area contributed by atoms with Crippen LogP contribution in [-0.4, -0.2) is 61.0 Å². The summed E-state index contributed by atoms with van der Waals surface area (Å²) in [5.41, 5.74) is 2.73. The molecule has 0 saturated carbocycles. The molecule has 1 atom stereocenters. The van der Waals surface area contributed by atoms with Gasteiger partial charge in [-0.3, -0.25) is 4.79 Å². The molecule has 0 spiro atoms. The van der Waals surface area contributed by atoms with Crippen LogP contribution in [0.1, 0.15) is 25.8 Å². The minimum atomic E-state index is 0.312. The van der Waals surface area contributed by atoms with Crippen LogP contribution in [-0.2, 0) is 11.2 Å². The van der Waals surface area contributed by atoms with Gasteiger partial charge in [0.25, 0.3) is 0 Å². The maximum atomic E-state index is 12.4. The first-order chi connectivity index (χ1) is 10.7. The van der Waals surface area contributed by atoms with Crippen molar-refractivity contribution in [2.75, 3.05) is 44.2 Å². The van der Waals surface area contributed by atoms with E-state index in [4.69, 9.17) is 0 Å². The Hall–Kier alpha value is -1.55. The second-order valence-electron chi connectivity index (χ2n) is 6.44. The maximum absolute atomic E-state index is 12.4. The lowest BCUT2D eigenvalue weighted by Crippen LogP contribution is -2.49. The maximum Gasteiger partial charge on any atom is 0.224 e. The van der Waals surface area contributed by atoms with Gasteiger partial charge >= 0.3 is 0 Å². The van der Waals surface area contributed by atoms with Crippen LogP contribution in [0.2, 0.25) is 0 Å². The number of benzene rings is 1. The Balaban J connectivity index is 1.53. The standard InChI is InChI=1S/C18H27N3O/c1-3-19-10-12-20(13-11-19)18(22)8-9-21-15(2)14-16-6-4-5-7-17(16)21/h4-7,15H,3,8-14H2,1-2H3. The first-order valence-corrected chi connectivity index (χ1v) is 8.53. The van der Waals surface area contributed by atoms with Crippen molar-refractivity contribution in [3.63, 3.8) is 0 Å². The van der Waals surface area contributed by atoms with E-state index in [9.17, 15) is 4.79 Å². The zero-order chi connectivity index (χ0) is 15.5. The van der Waals surface area contributed by atoms with Crippen molar-refractivity contribution in [1.82, 2.24) is 9.80 Å². The summed E-state index contributed by atoms with van der Waals surface area (Å²) < 4.78 is 0. The summed E-state index contributed by atoms with van der Waals surface area (Å²) in [5, 5.41) is 0. The fourth-order valence-corrected chi connectivity index (χ4v) is 3.66. The predicted molar refractivity (Wildman–Crippen MR) is 90.3 cm³/mol. The Morgan fingerprint density at radius 2 is 1.91 bits per heavy atom. The number of carbonyl (C=O) groups excluding carboxylic acids is 1. The molecule has 0 radical (unpaired) electrons. The fourth-order valence-electron chi connectivity index (χ4n) is 3.66. The van der Waals surface area contributed by atoms with Gasteiger partial charge in [-0.25, -0.2) is 0 Å². The summed E-state index contributed by atoms with van der Waals surface area (Å²) in [6, 6.07) is 9.09. The summed E-state index contributed by atoms with van der Waals surface area (Å²) in [4.78, 5) is 19.3. The van der Waals surface area contributed by atoms with Crippen molar-refractivity contribution < 1.29 is 4.79 Å². The highest BCUT2D eigenvalue weighted by atomic mass is 16.2. The van der Waals surface area contributed by atoms with E-state index in [1.165, 1.54) is 11.3 Å². The normalized spacial score (nSPS) is 22.0. The van der Waals surface area contributed by atoms with Gasteiger partial charge in [0.05, 0.1) is 0 Å². The van der Waals surface area contributed by atoms with Crippen molar-refractivity contribution in [3.8, 4) is 0 Å². The summed E-state index contributed by atoms with van der Waals surface area (Å²) in [7, 11) is 0. The Morgan fingerprint density at radius 1 is 1.18 bits per heavy atom. The number of rotatable bonds is 4. The number of hydrogen-bond donors (Lipinski definition) is 0. The first-order valence-electron chi connectivity index (χ1n) is 8.53. The van der Waals surface area contributed by atoms with E-state index in [2.05, 4.69) is 47.9 Å². The van der Waals surface area contributed by atoms with Crippen molar-refractivity contribution >= 4 is 11.6 Å². The lowest BCUT2D eigenvalue weighted by Gasteiger charge is -2.34. The summed E-state index contributed by atoms with van der Waals surface area (Å²) in [6.45, 7) is 10.2. The number of amides is 1. The Morgan fingerprint density at radius 3 is 2.64 bits per heavy atom. The van der Waals surface area contributed by atoms with Crippen LogP contribution in [0, 0.1) is 0 Å². The van der Waals surface area contributed by atoms with Crippen LogP contribution < -0.4 is 4.90 Å². The molecule has 1 unspecified atom stereocenters. The van der Waals surface area contributed by atoms with Gasteiger partial charge in [0.15, 0.2) is 0 Å². The number of hydrogen-bond acceptors (Lipinski definition) is 3. The SMILES string of the molecule is CCN1CCN(C(=O)CCN2c3ccccc3CC2C)CC1. The largest absolute Gasteiger partial charge is 0.368 e. The molecule has 2 aliphatic heterocycles. The molecule has 1 amide bonds. The fraction of sp³-hybridized carbons (Fsp3) is 0.611. The zero-order valence-corrected chi connectivity index (χ0v) is 13.8. The molecule has 0 bridgehead atoms. The smallest absolute Gasteiger partial charge is 0.224 e. The number of likely N-dealkylation sites (N-methyl/N-ethyl adjacent to an activating group) is 1. The summed E-state index contributed by atoms with van der Waals surface area (Å²) in [6.07, 6.45) is 1.73. The van der Waals surface area contributed by atoms with Crippen molar-refractivity contribution in [1.29, 1.82) is 0 Å². The molecule has 0 N–H and O–H groups in total. The molecular formula is C18H27N3O. The number of carbonyl (C=O) groups is 1. The van der Waals surface area contributed by atoms with E-state index in [0.29, 0.717) is 18.4 Å². The lowest BCUT2D eigenvalue weighted by molar-refractivity contribution is -0.132. The molecule has 1 aromatic carbocycles. The Kier molecular flexibility index (Phi) is 4.67. The van der Waals surface area contributed by atoms with Gasteiger partial charge in [-0.05, 0) is 31.5 Å². The monoisotopic (exact) mass is 301 g/mol. The average molecular weight is 301 g/mol. The molecule has 1 aromatic rings. The molecule has 1 saturated heterocycles. The third-order valence-electron chi connectivity index (χ3n) is 5.09. The highest BCUT2D eigenvalue weighted by molar-refractivity contribution is 5.77. The molecular weight excluding hydrogens is 274 g/mol. The second kappa shape index (κ2) is 6.69. The minimum absolute atomic E-state index is 0.312. The molecule has 1 fully saturated rings. The number of fused-ring (bicyclic) bond motifs is 1. The third-order valence-corrected chi connectivity index (χ3v) is 5.09. The summed E-state index contributed by atoms with van der Waals surface area (Å²) in [5.74, 6) is 0.312. The van der Waals surface area contributed by atoms with Gasteiger partial charge < -0.3 is 14.7 Å². The van der Waals surface area contributed by atoms with Crippen molar-refractivity contribution in [3.05, 3.63) is 29.8 Å². The van der Waals surface area contributed by atoms with Crippen LogP contribution in [0.3, 0.4) is 0 Å². The number of para-hydroxylation sites is 1. The van der Waals surface area contributed by atoms with Gasteiger partial charge in [-0.1, -0.05) is 25.1 Å². The molecule has 22 heavy (non-hydrogen) atoms. The Labute approximate surface area is 133 Å². The molecule has 4 nitrogen and oxygen atoms in total. The van der Waals surface area contributed by atoms with Crippen LogP contribution >= 0.6 is 0 Å². The van der Waals surface area contributed by atoms with Crippen molar-refractivity contribution in [2.24, 2.45) is 0 Å². The topological polar surface area (TPSA) is 26.8 Å². The van der Waals surface area contributed by atoms with E-state index >= 15 is 0 Å². The van der Waals surface area contributed by atoms with E-state index in [-0.39, 0.29) is 0 Å². The summed E-state index contributed by atoms with van der Waals surface area (Å²) >= 11 is 0. The van der Waals surface area contributed by atoms with Gasteiger partial charge in [0.1, 0.15) is 0 Å². The van der Waals surface area contributed by atoms with Crippen LogP contribution in [0.25, 0.3) is 0 Å². The molecule has 2 heterocycles. The van der Waals surface area contributed by atoms with Gasteiger partial charge in [0, 0.05) is 50.9 Å². The molecule has 2 aliphatic rings. The lowest BCUT2D eigenvalue weighted by atomic mass is 10.1. The highest BCUT2D eigenvalue weighted by Crippen LogP contribution is 2.31. The predicted octanol–water partition coefficient (Wildman–Crippen LogP) is 1.99. The van der Waals surface area contributed by atoms with Gasteiger partial charge in [0.2, 0.25) is 5.91 Å². The van der Waals surface area contributed by atoms with E-state index in [1.807, 2.05) is 4.90 Å². The van der Waals surface area contributed by atoms with E-state index in [1.54, 1.807) is 0 Å². The molecule has 4 heteroatoms. The second-order valence-corrected chi connectivity index (χ2v) is 6.44. The zero-order valence-electron chi connectivity index (χ0n) is 13.8. The molecule has 0 aliphatic carbocycles. The number of anilines is 1. The quantitative estimate of drug-likeness (QED) is 0.851. The van der Waals surface area contributed by atoms with E-state index in [0.717, 1.165) is 45.7 Å². The molecule has 3 rings (SSSR count). The average Bonchev–Trinajstić information content (AvgIpc) is 2.88. The highest BCUT2D eigenvalue weighted by Gasteiger charge is 2.27. The van der Waals surface area contributed by atoms with Crippen molar-refractivity contribution in [2.45, 2.75) is 32.7 Å².